The maximum absolute atomic E-state index is 15.5. The van der Waals surface area contributed by atoms with Crippen LogP contribution in [0.5, 0.6) is 0 Å². The first-order chi connectivity index (χ1) is 17.0. The molecule has 12 heteroatoms. The molecule has 1 aromatic heterocycles. The predicted molar refractivity (Wildman–Crippen MR) is 128 cm³/mol. The number of allylic oxidation sites excluding steroid dienone is 2. The van der Waals surface area contributed by atoms with Crippen molar-refractivity contribution in [3.05, 3.63) is 53.5 Å². The number of likely N-dealkylation sites (tertiary alicyclic amines) is 1. The molecule has 3 aliphatic heterocycles. The van der Waals surface area contributed by atoms with Crippen molar-refractivity contribution in [1.29, 1.82) is 0 Å². The average molecular weight is 500 g/mol. The van der Waals surface area contributed by atoms with E-state index in [-0.39, 0.29) is 12.8 Å². The number of nitrogens with one attached hydrogen (secondary N) is 1. The Bertz CT molecular complexity index is 1280. The number of fused-ring (bicyclic) bond motifs is 2. The van der Waals surface area contributed by atoms with Gasteiger partial charge in [-0.1, -0.05) is 13.0 Å². The summed E-state index contributed by atoms with van der Waals surface area (Å²) >= 11 is 0. The molecule has 2 N–H and O–H groups in total. The summed E-state index contributed by atoms with van der Waals surface area (Å²) in [5.74, 6) is -3.48. The van der Waals surface area contributed by atoms with Crippen molar-refractivity contribution in [3.63, 3.8) is 0 Å². The van der Waals surface area contributed by atoms with E-state index in [1.54, 1.807) is 38.1 Å². The second-order valence-electron chi connectivity index (χ2n) is 9.21. The Kier molecular flexibility index (Phi) is 6.65. The van der Waals surface area contributed by atoms with E-state index in [0.29, 0.717) is 40.5 Å². The summed E-state index contributed by atoms with van der Waals surface area (Å²) in [6.45, 7) is 2.71. The number of imide groups is 3. The van der Waals surface area contributed by atoms with Crippen molar-refractivity contribution in [3.8, 4) is 0 Å². The molecule has 4 amide bonds. The Morgan fingerprint density at radius 3 is 2.67 bits per heavy atom. The van der Waals surface area contributed by atoms with Crippen molar-refractivity contribution in [2.45, 2.75) is 58.1 Å². The van der Waals surface area contributed by atoms with Crippen LogP contribution in [0.4, 0.5) is 8.63 Å². The van der Waals surface area contributed by atoms with Crippen LogP contribution in [-0.2, 0) is 19.2 Å². The monoisotopic (exact) mass is 500 g/mol. The highest BCUT2D eigenvalue weighted by atomic mass is 19.2. The Morgan fingerprint density at radius 2 is 2.03 bits per heavy atom. The normalized spacial score (nSPS) is 20.9. The highest BCUT2D eigenvalue weighted by Gasteiger charge is 2.52. The number of carbonyl (C=O) groups is 4. The third-order valence-electron chi connectivity index (χ3n) is 6.73. The van der Waals surface area contributed by atoms with Crippen molar-refractivity contribution >= 4 is 42.4 Å². The summed E-state index contributed by atoms with van der Waals surface area (Å²) in [7, 11) is 0. The van der Waals surface area contributed by atoms with Crippen LogP contribution in [0.3, 0.4) is 0 Å². The lowest BCUT2D eigenvalue weighted by Crippen LogP contribution is -2.51. The van der Waals surface area contributed by atoms with E-state index in [9.17, 15) is 24.3 Å². The lowest BCUT2D eigenvalue weighted by atomic mass is 9.90. The molecule has 4 rings (SSSR count). The van der Waals surface area contributed by atoms with E-state index >= 15 is 8.63 Å². The van der Waals surface area contributed by atoms with Gasteiger partial charge in [0.2, 0.25) is 11.8 Å². The number of hydrogen-bond acceptors (Lipinski definition) is 5. The lowest BCUT2D eigenvalue weighted by Gasteiger charge is -2.30. The van der Waals surface area contributed by atoms with Gasteiger partial charge in [0.15, 0.2) is 5.70 Å². The molecule has 0 radical (unpaired) electrons. The summed E-state index contributed by atoms with van der Waals surface area (Å²) in [6.07, 6.45) is 5.01. The van der Waals surface area contributed by atoms with Crippen LogP contribution in [0.2, 0.25) is 0 Å². The van der Waals surface area contributed by atoms with Gasteiger partial charge in [0.1, 0.15) is 17.9 Å². The number of aryl methyl sites for hydroxylation is 2. The highest BCUT2D eigenvalue weighted by molar-refractivity contribution is 6.58. The van der Waals surface area contributed by atoms with Gasteiger partial charge >= 0.3 is 6.97 Å². The number of rotatable bonds is 8. The van der Waals surface area contributed by atoms with Crippen LogP contribution < -0.4 is 5.32 Å². The number of aliphatic hydroxyl groups excluding tert-OH is 1. The molecule has 3 aliphatic rings. The molecule has 36 heavy (non-hydrogen) atoms. The van der Waals surface area contributed by atoms with E-state index in [4.69, 9.17) is 0 Å². The zero-order chi connectivity index (χ0) is 26.4. The summed E-state index contributed by atoms with van der Waals surface area (Å²) in [5.41, 5.74) is 2.60. The first-order valence-corrected chi connectivity index (χ1v) is 11.7. The minimum Gasteiger partial charge on any atom is -0.394 e. The number of carbonyl (C=O) groups excluding carboxylic acids is 4. The third-order valence-corrected chi connectivity index (χ3v) is 6.73. The van der Waals surface area contributed by atoms with Gasteiger partial charge in [-0.25, -0.2) is 4.90 Å². The summed E-state index contributed by atoms with van der Waals surface area (Å²) < 4.78 is 33.2. The number of aliphatic hydroxyl groups is 1. The van der Waals surface area contributed by atoms with Crippen molar-refractivity contribution in [2.75, 3.05) is 0 Å². The molecule has 1 fully saturated rings. The summed E-state index contributed by atoms with van der Waals surface area (Å²) in [6, 6.07) is 0.527. The predicted octanol–water partition coefficient (Wildman–Crippen LogP) is 1.58. The molecule has 190 valence electrons. The number of nitrogens with zero attached hydrogens (tertiary/aromatic N) is 3. The molecule has 0 aromatic carbocycles. The van der Waals surface area contributed by atoms with Gasteiger partial charge in [-0.2, -0.15) is 0 Å². The van der Waals surface area contributed by atoms with Gasteiger partial charge in [-0.15, -0.1) is 0 Å². The Morgan fingerprint density at radius 1 is 1.31 bits per heavy atom. The average Bonchev–Trinajstić information content (AvgIpc) is 3.44. The van der Waals surface area contributed by atoms with E-state index in [2.05, 4.69) is 11.9 Å². The molecular formula is C24H27BF2N4O5. The van der Waals surface area contributed by atoms with Crippen LogP contribution in [0.15, 0.2) is 36.6 Å². The molecule has 2 unspecified atom stereocenters. The minimum atomic E-state index is -4.08. The fourth-order valence-corrected chi connectivity index (χ4v) is 5.04. The summed E-state index contributed by atoms with van der Waals surface area (Å²) in [4.78, 5) is 49.1. The Hall–Kier alpha value is -3.67. The molecule has 0 aliphatic carbocycles. The smallest absolute Gasteiger partial charge is 0.394 e. The van der Waals surface area contributed by atoms with Gasteiger partial charge in [0.05, 0.1) is 6.42 Å². The second kappa shape index (κ2) is 9.42. The summed E-state index contributed by atoms with van der Waals surface area (Å²) in [5, 5.41) is 12.0. The topological polar surface area (TPSA) is 112 Å². The number of aromatic nitrogens is 1. The Labute approximate surface area is 206 Å². The second-order valence-corrected chi connectivity index (χ2v) is 9.21. The molecule has 0 saturated carbocycles. The van der Waals surface area contributed by atoms with Crippen LogP contribution in [0.25, 0.3) is 6.08 Å². The van der Waals surface area contributed by atoms with Crippen molar-refractivity contribution in [1.82, 2.24) is 14.7 Å². The van der Waals surface area contributed by atoms with E-state index < -0.39 is 49.2 Å². The zero-order valence-electron chi connectivity index (χ0n) is 20.0. The zero-order valence-corrected chi connectivity index (χ0v) is 20.0. The van der Waals surface area contributed by atoms with Crippen molar-refractivity contribution in [2.24, 2.45) is 0 Å². The number of halogens is 2. The van der Waals surface area contributed by atoms with Gasteiger partial charge in [-0.3, -0.25) is 19.2 Å². The minimum absolute atomic E-state index is 0.0623. The first-order valence-electron chi connectivity index (χ1n) is 11.7. The number of unbranched alkanes of at least 4 members (excludes halogenated alkanes) is 1. The van der Waals surface area contributed by atoms with Gasteiger partial charge in [0.25, 0.3) is 11.8 Å². The number of hydrogen-bond donors (Lipinski definition) is 2. The van der Waals surface area contributed by atoms with Gasteiger partial charge < -0.3 is 28.0 Å². The number of amides is 4. The standard InChI is InChI=1S/C24H27BF2N4O5/c1-4-21(33)28-18(23(35)29-22(34)13-20(32)24(29)36)8-6-5-7-16-9-10-17-12-19-14(2)11-15(3)30(19)25(26,27)31(16)17/h4,9-12,18,20,32H,1,5-8,13H2,2-3H3,(H,28,33). The quantitative estimate of drug-likeness (QED) is 0.244. The van der Waals surface area contributed by atoms with Crippen molar-refractivity contribution < 1.29 is 37.4 Å². The lowest BCUT2D eigenvalue weighted by molar-refractivity contribution is -0.362. The molecule has 0 bridgehead atoms. The fraction of sp³-hybridized carbons (Fsp3) is 0.375. The van der Waals surface area contributed by atoms with Crippen LogP contribution >= 0.6 is 0 Å². The molecule has 4 heterocycles. The van der Waals surface area contributed by atoms with E-state index in [0.717, 1.165) is 20.6 Å². The van der Waals surface area contributed by atoms with Gasteiger partial charge in [0, 0.05) is 30.3 Å². The molecule has 2 atom stereocenters. The van der Waals surface area contributed by atoms with Crippen LogP contribution in [0, 0.1) is 13.8 Å². The highest BCUT2D eigenvalue weighted by Crippen LogP contribution is 2.34. The molecule has 1 saturated heterocycles. The van der Waals surface area contributed by atoms with E-state index in [1.165, 1.54) is 0 Å². The van der Waals surface area contributed by atoms with E-state index in [1.807, 2.05) is 0 Å². The molecular weight excluding hydrogens is 473 g/mol. The molecule has 9 nitrogen and oxygen atoms in total. The maximum Gasteiger partial charge on any atom is 0.737 e. The Balaban J connectivity index is 1.46. The third kappa shape index (κ3) is 4.25. The molecule has 1 aromatic rings. The van der Waals surface area contributed by atoms with Crippen LogP contribution in [0.1, 0.15) is 49.1 Å². The largest absolute Gasteiger partial charge is 0.737 e. The SMILES string of the molecule is C=CC(=O)NC(CCCCC1=[N+]2C(=Cc3c(C)cc(C)n3[B-]2(F)F)C=C1)C(=O)N1C(=O)CC(O)C1=O. The maximum atomic E-state index is 15.5. The van der Waals surface area contributed by atoms with Crippen LogP contribution in [-0.4, -0.2) is 67.4 Å². The molecule has 0 spiro atoms. The fourth-order valence-electron chi connectivity index (χ4n) is 5.04. The van der Waals surface area contributed by atoms with Gasteiger partial charge in [-0.05, 0) is 50.1 Å². The first kappa shape index (κ1) is 25.4.